The number of benzene rings is 4. The maximum atomic E-state index is 14.0. The number of amides is 1. The first-order valence-electron chi connectivity index (χ1n) is 13.8. The molecule has 0 aliphatic rings. The summed E-state index contributed by atoms with van der Waals surface area (Å²) in [4.78, 5) is 13.5. The third kappa shape index (κ3) is 8.22. The van der Waals surface area contributed by atoms with Crippen molar-refractivity contribution >= 4 is 5.91 Å². The normalized spacial score (nSPS) is 13.3. The van der Waals surface area contributed by atoms with E-state index < -0.39 is 35.8 Å². The molecule has 4 N–H and O–H groups in total. The second-order valence-electron chi connectivity index (χ2n) is 10.5. The average molecular weight is 575 g/mol. The Morgan fingerprint density at radius 1 is 0.881 bits per heavy atom. The summed E-state index contributed by atoms with van der Waals surface area (Å²) in [5, 5.41) is 28.2. The summed E-state index contributed by atoms with van der Waals surface area (Å²) in [6, 6.07) is 22.4. The number of methoxy groups -OCH3 is 1. The minimum Gasteiger partial charge on any atom is -0.497 e. The smallest absolute Gasteiger partial charge is 0.251 e. The fourth-order valence-electron chi connectivity index (χ4n) is 4.98. The number of nitrogens with one attached hydrogen (secondary N) is 2. The van der Waals surface area contributed by atoms with Crippen molar-refractivity contribution in [3.63, 3.8) is 0 Å². The van der Waals surface area contributed by atoms with Crippen molar-refractivity contribution in [1.82, 2.24) is 10.6 Å². The molecule has 0 saturated heterocycles. The molecule has 0 aromatic heterocycles. The van der Waals surface area contributed by atoms with Gasteiger partial charge in [0.2, 0.25) is 0 Å². The van der Waals surface area contributed by atoms with E-state index in [1.165, 1.54) is 12.1 Å². The Labute approximate surface area is 245 Å². The maximum absolute atomic E-state index is 14.0. The van der Waals surface area contributed by atoms with Gasteiger partial charge in [0, 0.05) is 24.7 Å². The van der Waals surface area contributed by atoms with Crippen LogP contribution in [0.1, 0.15) is 49.8 Å². The van der Waals surface area contributed by atoms with Crippen molar-refractivity contribution < 1.29 is 28.5 Å². The SMILES string of the molecule is COc1cccc(CNCC(O)C(Cc2cc(F)cc(F)c2)NC(=O)c2cc(C)cc(C(O)c3ccccc3C)c2)c1. The first kappa shape index (κ1) is 30.8. The van der Waals surface area contributed by atoms with Gasteiger partial charge in [-0.3, -0.25) is 4.79 Å². The Kier molecular flexibility index (Phi) is 10.4. The fourth-order valence-corrected chi connectivity index (χ4v) is 4.98. The Morgan fingerprint density at radius 3 is 2.33 bits per heavy atom. The average Bonchev–Trinajstić information content (AvgIpc) is 2.96. The lowest BCUT2D eigenvalue weighted by Gasteiger charge is -2.25. The summed E-state index contributed by atoms with van der Waals surface area (Å²) < 4.78 is 33.2. The van der Waals surface area contributed by atoms with Crippen LogP contribution >= 0.6 is 0 Å². The summed E-state index contributed by atoms with van der Waals surface area (Å²) in [5.41, 5.74) is 4.51. The molecule has 0 radical (unpaired) electrons. The molecule has 0 bridgehead atoms. The second-order valence-corrected chi connectivity index (χ2v) is 10.5. The summed E-state index contributed by atoms with van der Waals surface area (Å²) in [6.45, 7) is 4.27. The van der Waals surface area contributed by atoms with Crippen LogP contribution in [0.3, 0.4) is 0 Å². The van der Waals surface area contributed by atoms with E-state index in [0.29, 0.717) is 29.0 Å². The molecule has 0 heterocycles. The monoisotopic (exact) mass is 574 g/mol. The summed E-state index contributed by atoms with van der Waals surface area (Å²) in [7, 11) is 1.58. The highest BCUT2D eigenvalue weighted by molar-refractivity contribution is 5.95. The van der Waals surface area contributed by atoms with E-state index in [2.05, 4.69) is 10.6 Å². The predicted molar refractivity (Wildman–Crippen MR) is 158 cm³/mol. The zero-order chi connectivity index (χ0) is 30.2. The Hall–Kier alpha value is -4.11. The van der Waals surface area contributed by atoms with Crippen molar-refractivity contribution in [2.45, 2.75) is 45.1 Å². The Morgan fingerprint density at radius 2 is 1.62 bits per heavy atom. The number of rotatable bonds is 12. The molecular weight excluding hydrogens is 538 g/mol. The van der Waals surface area contributed by atoms with Gasteiger partial charge in [0.25, 0.3) is 5.91 Å². The van der Waals surface area contributed by atoms with Crippen LogP contribution < -0.4 is 15.4 Å². The summed E-state index contributed by atoms with van der Waals surface area (Å²) in [6.07, 6.45) is -2.03. The molecule has 1 amide bonds. The van der Waals surface area contributed by atoms with Crippen molar-refractivity contribution in [2.75, 3.05) is 13.7 Å². The van der Waals surface area contributed by atoms with Crippen LogP contribution in [0.25, 0.3) is 0 Å². The number of ether oxygens (including phenoxy) is 1. The summed E-state index contributed by atoms with van der Waals surface area (Å²) >= 11 is 0. The van der Waals surface area contributed by atoms with Crippen LogP contribution in [0.5, 0.6) is 5.75 Å². The molecular formula is C34H36F2N2O4. The number of hydrogen-bond donors (Lipinski definition) is 4. The molecule has 0 fully saturated rings. The van der Waals surface area contributed by atoms with Gasteiger partial charge in [-0.25, -0.2) is 8.78 Å². The van der Waals surface area contributed by atoms with Crippen LogP contribution in [0, 0.1) is 25.5 Å². The van der Waals surface area contributed by atoms with E-state index in [1.807, 2.05) is 68.4 Å². The quantitative estimate of drug-likeness (QED) is 0.188. The molecule has 3 atom stereocenters. The van der Waals surface area contributed by atoms with Gasteiger partial charge in [-0.05, 0) is 90.0 Å². The molecule has 0 aliphatic heterocycles. The number of carbonyl (C=O) groups excluding carboxylic acids is 1. The maximum Gasteiger partial charge on any atom is 0.251 e. The molecule has 0 aliphatic carbocycles. The molecule has 0 spiro atoms. The van der Waals surface area contributed by atoms with Crippen molar-refractivity contribution in [2.24, 2.45) is 0 Å². The van der Waals surface area contributed by atoms with Crippen molar-refractivity contribution in [1.29, 1.82) is 0 Å². The van der Waals surface area contributed by atoms with Gasteiger partial charge in [-0.15, -0.1) is 0 Å². The number of aliphatic hydroxyl groups is 2. The molecule has 0 saturated carbocycles. The number of aryl methyl sites for hydroxylation is 2. The third-order valence-corrected chi connectivity index (χ3v) is 7.14. The van der Waals surface area contributed by atoms with Gasteiger partial charge in [-0.2, -0.15) is 0 Å². The fraction of sp³-hybridized carbons (Fsp3) is 0.265. The standard InChI is InChI=1S/C34H36F2N2O4/c1-21-11-25(33(40)30-10-5-4-7-22(30)2)17-26(12-21)34(41)38-31(16-24-13-27(35)18-28(36)14-24)32(39)20-37-19-23-8-6-9-29(15-23)42-3/h4-15,17-18,31-33,37,39-40H,16,19-20H2,1-3H3,(H,38,41). The van der Waals surface area contributed by atoms with E-state index in [0.717, 1.165) is 28.3 Å². The van der Waals surface area contributed by atoms with E-state index in [4.69, 9.17) is 4.74 Å². The van der Waals surface area contributed by atoms with Crippen molar-refractivity contribution in [3.05, 3.63) is 136 Å². The van der Waals surface area contributed by atoms with Crippen molar-refractivity contribution in [3.8, 4) is 5.75 Å². The lowest BCUT2D eigenvalue weighted by atomic mass is 9.94. The molecule has 3 unspecified atom stereocenters. The zero-order valence-corrected chi connectivity index (χ0v) is 23.9. The highest BCUT2D eigenvalue weighted by atomic mass is 19.1. The minimum absolute atomic E-state index is 0.00701. The Bertz CT molecular complexity index is 1510. The topological polar surface area (TPSA) is 90.8 Å². The second kappa shape index (κ2) is 14.2. The molecule has 6 nitrogen and oxygen atoms in total. The number of halogens is 2. The van der Waals surface area contributed by atoms with Gasteiger partial charge in [0.15, 0.2) is 0 Å². The number of hydrogen-bond acceptors (Lipinski definition) is 5. The van der Waals surface area contributed by atoms with E-state index >= 15 is 0 Å². The Balaban J connectivity index is 1.53. The van der Waals surface area contributed by atoms with Gasteiger partial charge >= 0.3 is 0 Å². The number of carbonyl (C=O) groups is 1. The van der Waals surface area contributed by atoms with Gasteiger partial charge in [0.1, 0.15) is 23.5 Å². The van der Waals surface area contributed by atoms with Crippen LogP contribution in [0.15, 0.2) is 84.9 Å². The molecule has 220 valence electrons. The lowest BCUT2D eigenvalue weighted by Crippen LogP contribution is -2.48. The lowest BCUT2D eigenvalue weighted by molar-refractivity contribution is 0.0829. The first-order valence-corrected chi connectivity index (χ1v) is 13.8. The first-order chi connectivity index (χ1) is 20.1. The van der Waals surface area contributed by atoms with Crippen LogP contribution in [0.2, 0.25) is 0 Å². The number of aliphatic hydroxyl groups excluding tert-OH is 2. The van der Waals surface area contributed by atoms with Crippen LogP contribution in [0.4, 0.5) is 8.78 Å². The van der Waals surface area contributed by atoms with Gasteiger partial charge in [-0.1, -0.05) is 42.5 Å². The molecule has 42 heavy (non-hydrogen) atoms. The minimum atomic E-state index is -1.09. The van der Waals surface area contributed by atoms with E-state index in [9.17, 15) is 23.8 Å². The zero-order valence-electron chi connectivity index (χ0n) is 23.9. The predicted octanol–water partition coefficient (Wildman–Crippen LogP) is 5.16. The van der Waals surface area contributed by atoms with Gasteiger partial charge < -0.3 is 25.6 Å². The molecule has 4 aromatic carbocycles. The summed E-state index contributed by atoms with van der Waals surface area (Å²) in [5.74, 6) is -1.26. The van der Waals surface area contributed by atoms with Gasteiger partial charge in [0.05, 0.1) is 19.3 Å². The molecule has 8 heteroatoms. The van der Waals surface area contributed by atoms with Crippen LogP contribution in [-0.4, -0.2) is 41.9 Å². The third-order valence-electron chi connectivity index (χ3n) is 7.14. The highest BCUT2D eigenvalue weighted by Crippen LogP contribution is 2.26. The van der Waals surface area contributed by atoms with E-state index in [-0.39, 0.29) is 13.0 Å². The van der Waals surface area contributed by atoms with Crippen LogP contribution in [-0.2, 0) is 13.0 Å². The van der Waals surface area contributed by atoms with E-state index in [1.54, 1.807) is 19.2 Å². The largest absolute Gasteiger partial charge is 0.497 e. The molecule has 4 aromatic rings. The molecule has 4 rings (SSSR count). The highest BCUT2D eigenvalue weighted by Gasteiger charge is 2.24.